The van der Waals surface area contributed by atoms with E-state index in [4.69, 9.17) is 0 Å². The maximum Gasteiger partial charge on any atom is 0.123 e. The number of rotatable bonds is 4. The molecule has 3 nitrogen and oxygen atoms in total. The van der Waals surface area contributed by atoms with Crippen LogP contribution in [0.2, 0.25) is 0 Å². The molecule has 134 valence electrons. The second-order valence-electron chi connectivity index (χ2n) is 7.28. The van der Waals surface area contributed by atoms with Crippen LogP contribution in [0.15, 0.2) is 52.9 Å². The Morgan fingerprint density at radius 3 is 2.77 bits per heavy atom. The highest BCUT2D eigenvalue weighted by Gasteiger charge is 2.35. The number of aliphatic hydroxyl groups is 1. The number of allylic oxidation sites excluding steroid dienone is 1. The summed E-state index contributed by atoms with van der Waals surface area (Å²) in [5, 5.41) is 19.1. The van der Waals surface area contributed by atoms with Crippen LogP contribution in [-0.4, -0.2) is 14.9 Å². The monoisotopic (exact) mass is 368 g/mol. The molecular weight excluding hydrogens is 347 g/mol. The zero-order valence-electron chi connectivity index (χ0n) is 14.8. The fraction of sp³-hybridized carbons (Fsp3) is 0.286. The van der Waals surface area contributed by atoms with Gasteiger partial charge in [-0.25, -0.2) is 9.07 Å². The van der Waals surface area contributed by atoms with Crippen molar-refractivity contribution in [2.24, 2.45) is 5.41 Å². The van der Waals surface area contributed by atoms with Crippen molar-refractivity contribution in [3.8, 4) is 5.69 Å². The van der Waals surface area contributed by atoms with E-state index in [0.717, 1.165) is 28.9 Å². The van der Waals surface area contributed by atoms with Crippen LogP contribution >= 0.6 is 11.3 Å². The number of fused-ring (bicyclic) bond motifs is 1. The molecule has 26 heavy (non-hydrogen) atoms. The van der Waals surface area contributed by atoms with E-state index in [9.17, 15) is 9.50 Å². The van der Waals surface area contributed by atoms with Gasteiger partial charge in [0.2, 0.25) is 0 Å². The fourth-order valence-corrected chi connectivity index (χ4v) is 4.36. The third-order valence-electron chi connectivity index (χ3n) is 5.42. The highest BCUT2D eigenvalue weighted by Crippen LogP contribution is 2.44. The van der Waals surface area contributed by atoms with Crippen LogP contribution in [0, 0.1) is 11.2 Å². The first-order valence-electron chi connectivity index (χ1n) is 8.68. The minimum atomic E-state index is -0.469. The molecule has 1 unspecified atom stereocenters. The predicted octanol–water partition coefficient (Wildman–Crippen LogP) is 5.16. The Kier molecular flexibility index (Phi) is 4.29. The molecule has 0 saturated heterocycles. The highest BCUT2D eigenvalue weighted by atomic mass is 32.1. The van der Waals surface area contributed by atoms with Crippen LogP contribution in [0.4, 0.5) is 4.39 Å². The van der Waals surface area contributed by atoms with Gasteiger partial charge in [0, 0.05) is 0 Å². The van der Waals surface area contributed by atoms with Crippen molar-refractivity contribution in [2.75, 3.05) is 0 Å². The molecule has 2 atom stereocenters. The van der Waals surface area contributed by atoms with Crippen LogP contribution in [-0.2, 0) is 6.42 Å². The minimum Gasteiger partial charge on any atom is -0.388 e. The number of halogens is 1. The lowest BCUT2D eigenvalue weighted by atomic mass is 9.70. The first-order chi connectivity index (χ1) is 12.5. The molecule has 1 aliphatic carbocycles. The van der Waals surface area contributed by atoms with Crippen molar-refractivity contribution >= 4 is 17.4 Å². The molecule has 1 aliphatic rings. The first-order valence-corrected chi connectivity index (χ1v) is 9.62. The lowest BCUT2D eigenvalue weighted by Gasteiger charge is -2.35. The van der Waals surface area contributed by atoms with Gasteiger partial charge in [0.05, 0.1) is 23.7 Å². The van der Waals surface area contributed by atoms with E-state index in [1.54, 1.807) is 23.5 Å². The van der Waals surface area contributed by atoms with Crippen LogP contribution < -0.4 is 0 Å². The number of hydrogen-bond acceptors (Lipinski definition) is 3. The van der Waals surface area contributed by atoms with E-state index in [0.29, 0.717) is 6.42 Å². The van der Waals surface area contributed by atoms with Gasteiger partial charge < -0.3 is 5.11 Å². The summed E-state index contributed by atoms with van der Waals surface area (Å²) in [5.41, 5.74) is 5.13. The third-order valence-corrected chi connectivity index (χ3v) is 6.12. The Morgan fingerprint density at radius 1 is 1.31 bits per heavy atom. The Hall–Kier alpha value is -2.24. The molecule has 2 heterocycles. The summed E-state index contributed by atoms with van der Waals surface area (Å²) in [6.07, 6.45) is 5.07. The van der Waals surface area contributed by atoms with Gasteiger partial charge in [-0.2, -0.15) is 16.4 Å². The second kappa shape index (κ2) is 6.49. The van der Waals surface area contributed by atoms with E-state index in [-0.39, 0.29) is 11.2 Å². The Balaban J connectivity index is 1.64. The number of nitrogens with zero attached hydrogens (tertiary/aromatic N) is 2. The van der Waals surface area contributed by atoms with Gasteiger partial charge in [-0.1, -0.05) is 12.5 Å². The summed E-state index contributed by atoms with van der Waals surface area (Å²) >= 11 is 1.61. The van der Waals surface area contributed by atoms with E-state index in [1.165, 1.54) is 17.7 Å². The summed E-state index contributed by atoms with van der Waals surface area (Å²) in [4.78, 5) is 0. The molecule has 0 bridgehead atoms. The average Bonchev–Trinajstić information content (AvgIpc) is 3.26. The lowest BCUT2D eigenvalue weighted by Crippen LogP contribution is -2.27. The van der Waals surface area contributed by atoms with Crippen molar-refractivity contribution in [3.63, 3.8) is 0 Å². The third kappa shape index (κ3) is 3.02. The molecule has 0 aliphatic heterocycles. The summed E-state index contributed by atoms with van der Waals surface area (Å²) in [6, 6.07) is 8.35. The molecular formula is C21H21FN2OS. The zero-order valence-corrected chi connectivity index (χ0v) is 15.6. The quantitative estimate of drug-likeness (QED) is 0.690. The summed E-state index contributed by atoms with van der Waals surface area (Å²) < 4.78 is 15.1. The molecule has 0 saturated carbocycles. The molecule has 1 aromatic carbocycles. The van der Waals surface area contributed by atoms with E-state index < -0.39 is 6.10 Å². The topological polar surface area (TPSA) is 38.0 Å². The standard InChI is InChI=1S/C21H21FN2OS/c1-14-9-19-16(12-23-24(19)18-5-3-17(22)4-6-18)10-21(14,2)11-20(25)15-7-8-26-13-15/h3-9,12-13,20,25H,10-11H2,1-2H3/t20?,21-/m1/s1. The molecule has 0 radical (unpaired) electrons. The van der Waals surface area contributed by atoms with Crippen LogP contribution in [0.25, 0.3) is 11.8 Å². The lowest BCUT2D eigenvalue weighted by molar-refractivity contribution is 0.121. The Labute approximate surface area is 156 Å². The van der Waals surface area contributed by atoms with Crippen molar-refractivity contribution in [1.29, 1.82) is 0 Å². The Morgan fingerprint density at radius 2 is 2.08 bits per heavy atom. The van der Waals surface area contributed by atoms with E-state index in [1.807, 2.05) is 27.7 Å². The predicted molar refractivity (Wildman–Crippen MR) is 103 cm³/mol. The molecule has 5 heteroatoms. The molecule has 0 spiro atoms. The summed E-state index contributed by atoms with van der Waals surface area (Å²) in [7, 11) is 0. The second-order valence-corrected chi connectivity index (χ2v) is 8.06. The molecule has 0 amide bonds. The maximum atomic E-state index is 13.2. The number of benzene rings is 1. The summed E-state index contributed by atoms with van der Waals surface area (Å²) in [5.74, 6) is -0.253. The summed E-state index contributed by atoms with van der Waals surface area (Å²) in [6.45, 7) is 4.32. The normalized spacial score (nSPS) is 20.5. The smallest absolute Gasteiger partial charge is 0.123 e. The zero-order chi connectivity index (χ0) is 18.3. The minimum absolute atomic E-state index is 0.120. The molecule has 0 fully saturated rings. The van der Waals surface area contributed by atoms with E-state index in [2.05, 4.69) is 25.0 Å². The van der Waals surface area contributed by atoms with Gasteiger partial charge in [0.25, 0.3) is 0 Å². The highest BCUT2D eigenvalue weighted by molar-refractivity contribution is 7.07. The van der Waals surface area contributed by atoms with Gasteiger partial charge >= 0.3 is 0 Å². The van der Waals surface area contributed by atoms with Gasteiger partial charge in [0.15, 0.2) is 0 Å². The van der Waals surface area contributed by atoms with Crippen LogP contribution in [0.1, 0.15) is 43.2 Å². The number of aromatic nitrogens is 2. The maximum absolute atomic E-state index is 13.2. The van der Waals surface area contributed by atoms with Crippen molar-refractivity contribution in [2.45, 2.75) is 32.8 Å². The largest absolute Gasteiger partial charge is 0.388 e. The molecule has 2 aromatic heterocycles. The van der Waals surface area contributed by atoms with Crippen molar-refractivity contribution in [1.82, 2.24) is 9.78 Å². The van der Waals surface area contributed by atoms with Gasteiger partial charge in [-0.3, -0.25) is 0 Å². The first kappa shape index (κ1) is 17.2. The van der Waals surface area contributed by atoms with Crippen LogP contribution in [0.5, 0.6) is 0 Å². The van der Waals surface area contributed by atoms with Gasteiger partial charge in [-0.15, -0.1) is 0 Å². The number of aliphatic hydroxyl groups excluding tert-OH is 1. The van der Waals surface area contributed by atoms with E-state index >= 15 is 0 Å². The van der Waals surface area contributed by atoms with Crippen LogP contribution in [0.3, 0.4) is 0 Å². The Bertz CT molecular complexity index is 943. The average molecular weight is 368 g/mol. The van der Waals surface area contributed by atoms with Gasteiger partial charge in [0.1, 0.15) is 5.82 Å². The number of hydrogen-bond donors (Lipinski definition) is 1. The molecule has 1 N–H and O–H groups in total. The molecule has 4 rings (SSSR count). The number of thiophene rings is 1. The van der Waals surface area contributed by atoms with Crippen molar-refractivity contribution in [3.05, 3.63) is 75.5 Å². The molecule has 3 aromatic rings. The van der Waals surface area contributed by atoms with Crippen molar-refractivity contribution < 1.29 is 9.50 Å². The van der Waals surface area contributed by atoms with Gasteiger partial charge in [-0.05, 0) is 83.5 Å². The fourth-order valence-electron chi connectivity index (χ4n) is 3.65. The SMILES string of the molecule is CC1=Cc2c(cnn2-c2ccc(F)cc2)C[C@]1(C)CC(O)c1ccsc1.